The molecule has 1 heterocycles. The van der Waals surface area contributed by atoms with Gasteiger partial charge in [0, 0.05) is 22.9 Å². The summed E-state index contributed by atoms with van der Waals surface area (Å²) in [5, 5.41) is 4.74. The van der Waals surface area contributed by atoms with Crippen LogP contribution in [-0.4, -0.2) is 24.0 Å². The number of rotatable bonds is 7. The van der Waals surface area contributed by atoms with Crippen molar-refractivity contribution in [2.24, 2.45) is 5.73 Å². The first kappa shape index (κ1) is 13.3. The number of nitrogens with two attached hydrogens (primary N) is 1. The minimum absolute atomic E-state index is 0.110. The molecule has 1 atom stereocenters. The maximum atomic E-state index is 11.6. The van der Waals surface area contributed by atoms with E-state index in [0.29, 0.717) is 6.54 Å². The van der Waals surface area contributed by atoms with E-state index in [2.05, 4.69) is 11.9 Å². The summed E-state index contributed by atoms with van der Waals surface area (Å²) < 4.78 is 0. The van der Waals surface area contributed by atoms with Crippen molar-refractivity contribution >= 4 is 29.0 Å². The van der Waals surface area contributed by atoms with Gasteiger partial charge < -0.3 is 11.1 Å². The Labute approximate surface area is 104 Å². The van der Waals surface area contributed by atoms with Gasteiger partial charge in [0.1, 0.15) is 6.04 Å². The highest BCUT2D eigenvalue weighted by molar-refractivity contribution is 7.99. The van der Waals surface area contributed by atoms with E-state index < -0.39 is 6.04 Å². The van der Waals surface area contributed by atoms with Crippen molar-refractivity contribution in [3.8, 4) is 0 Å². The topological polar surface area (TPSA) is 55.1 Å². The molecule has 0 aliphatic carbocycles. The highest BCUT2D eigenvalue weighted by Crippen LogP contribution is 2.16. The van der Waals surface area contributed by atoms with Crippen LogP contribution in [0.1, 0.15) is 10.9 Å². The van der Waals surface area contributed by atoms with Crippen molar-refractivity contribution in [2.45, 2.75) is 6.04 Å². The molecule has 3 nitrogen and oxygen atoms in total. The number of hydrogen-bond acceptors (Lipinski definition) is 4. The lowest BCUT2D eigenvalue weighted by molar-refractivity contribution is -0.122. The monoisotopic (exact) mass is 256 g/mol. The van der Waals surface area contributed by atoms with Crippen LogP contribution in [0, 0.1) is 0 Å². The molecular weight excluding hydrogens is 240 g/mol. The lowest BCUT2D eigenvalue weighted by Crippen LogP contribution is -2.34. The Morgan fingerprint density at radius 2 is 2.56 bits per heavy atom. The van der Waals surface area contributed by atoms with E-state index in [0.717, 1.165) is 16.4 Å². The molecule has 0 aliphatic rings. The largest absolute Gasteiger partial charge is 0.354 e. The molecule has 16 heavy (non-hydrogen) atoms. The summed E-state index contributed by atoms with van der Waals surface area (Å²) in [5.74, 6) is 1.68. The molecule has 0 spiro atoms. The van der Waals surface area contributed by atoms with E-state index in [1.165, 1.54) is 11.3 Å². The average molecular weight is 256 g/mol. The minimum Gasteiger partial charge on any atom is -0.354 e. The van der Waals surface area contributed by atoms with Gasteiger partial charge in [0.25, 0.3) is 0 Å². The zero-order chi connectivity index (χ0) is 11.8. The lowest BCUT2D eigenvalue weighted by Gasteiger charge is -2.10. The number of amides is 1. The first-order valence-corrected chi connectivity index (χ1v) is 7.04. The van der Waals surface area contributed by atoms with Crippen LogP contribution in [0.15, 0.2) is 30.2 Å². The zero-order valence-corrected chi connectivity index (χ0v) is 10.7. The van der Waals surface area contributed by atoms with E-state index in [-0.39, 0.29) is 5.91 Å². The summed E-state index contributed by atoms with van der Waals surface area (Å²) in [4.78, 5) is 12.5. The van der Waals surface area contributed by atoms with Gasteiger partial charge in [0.2, 0.25) is 5.91 Å². The number of carbonyl (C=O) groups is 1. The molecule has 0 saturated heterocycles. The molecule has 3 N–H and O–H groups in total. The molecule has 1 aromatic rings. The van der Waals surface area contributed by atoms with E-state index in [9.17, 15) is 4.79 Å². The molecule has 1 unspecified atom stereocenters. The van der Waals surface area contributed by atoms with Crippen LogP contribution in [0.4, 0.5) is 0 Å². The van der Waals surface area contributed by atoms with Gasteiger partial charge in [-0.1, -0.05) is 12.1 Å². The third kappa shape index (κ3) is 4.38. The maximum absolute atomic E-state index is 11.6. The first-order valence-electron chi connectivity index (χ1n) is 5.01. The number of carbonyl (C=O) groups excluding carboxylic acids is 1. The minimum atomic E-state index is -0.538. The molecule has 1 rings (SSSR count). The molecule has 0 aromatic carbocycles. The Morgan fingerprint density at radius 3 is 3.19 bits per heavy atom. The van der Waals surface area contributed by atoms with Gasteiger partial charge in [-0.25, -0.2) is 0 Å². The second kappa shape index (κ2) is 7.49. The molecule has 0 bridgehead atoms. The van der Waals surface area contributed by atoms with Crippen LogP contribution in [0.5, 0.6) is 0 Å². The zero-order valence-electron chi connectivity index (χ0n) is 9.02. The van der Waals surface area contributed by atoms with Crippen molar-refractivity contribution in [1.29, 1.82) is 0 Å². The summed E-state index contributed by atoms with van der Waals surface area (Å²) in [6.07, 6.45) is 1.85. The van der Waals surface area contributed by atoms with Crippen LogP contribution in [0.25, 0.3) is 0 Å². The van der Waals surface area contributed by atoms with Gasteiger partial charge >= 0.3 is 0 Å². The van der Waals surface area contributed by atoms with Crippen molar-refractivity contribution in [3.05, 3.63) is 35.0 Å². The van der Waals surface area contributed by atoms with Crippen molar-refractivity contribution in [2.75, 3.05) is 18.1 Å². The van der Waals surface area contributed by atoms with Gasteiger partial charge in [0.15, 0.2) is 0 Å². The quantitative estimate of drug-likeness (QED) is 0.577. The molecule has 0 aliphatic heterocycles. The Balaban J connectivity index is 2.22. The van der Waals surface area contributed by atoms with E-state index in [1.54, 1.807) is 11.8 Å². The predicted octanol–water partition coefficient (Wildman–Crippen LogP) is 1.78. The third-order valence-corrected chi connectivity index (χ3v) is 3.83. The Hall–Kier alpha value is -0.780. The second-order valence-electron chi connectivity index (χ2n) is 3.15. The van der Waals surface area contributed by atoms with Gasteiger partial charge in [-0.05, 0) is 11.4 Å². The fourth-order valence-electron chi connectivity index (χ4n) is 1.12. The van der Waals surface area contributed by atoms with Crippen LogP contribution in [-0.2, 0) is 4.79 Å². The molecular formula is C11H16N2OS2. The molecule has 1 aromatic heterocycles. The summed E-state index contributed by atoms with van der Waals surface area (Å²) in [5.41, 5.74) is 5.80. The molecule has 0 fully saturated rings. The molecule has 5 heteroatoms. The fraction of sp³-hybridized carbons (Fsp3) is 0.364. The molecule has 0 saturated carbocycles. The van der Waals surface area contributed by atoms with E-state index in [1.807, 2.05) is 23.6 Å². The number of nitrogens with one attached hydrogen (secondary N) is 1. The van der Waals surface area contributed by atoms with Crippen molar-refractivity contribution in [1.82, 2.24) is 5.32 Å². The lowest BCUT2D eigenvalue weighted by atomic mass is 10.2. The Morgan fingerprint density at radius 1 is 1.75 bits per heavy atom. The first-order chi connectivity index (χ1) is 7.75. The summed E-state index contributed by atoms with van der Waals surface area (Å²) in [6.45, 7) is 4.28. The predicted molar refractivity (Wildman–Crippen MR) is 71.8 cm³/mol. The van der Waals surface area contributed by atoms with Crippen molar-refractivity contribution < 1.29 is 4.79 Å². The maximum Gasteiger partial charge on any atom is 0.242 e. The second-order valence-corrected chi connectivity index (χ2v) is 5.28. The summed E-state index contributed by atoms with van der Waals surface area (Å²) >= 11 is 3.24. The highest BCUT2D eigenvalue weighted by Gasteiger charge is 2.15. The standard InChI is InChI=1S/C11H16N2OS2/c1-2-6-15-8-5-13-11(14)10(12)9-4-3-7-16-9/h2-4,7,10H,1,5-6,8,12H2,(H,13,14). The van der Waals surface area contributed by atoms with Crippen LogP contribution in [0.3, 0.4) is 0 Å². The number of hydrogen-bond donors (Lipinski definition) is 2. The normalized spacial score (nSPS) is 12.1. The number of thiophene rings is 1. The van der Waals surface area contributed by atoms with Gasteiger partial charge in [-0.2, -0.15) is 11.8 Å². The average Bonchev–Trinajstić information content (AvgIpc) is 2.81. The summed E-state index contributed by atoms with van der Waals surface area (Å²) in [6, 6.07) is 3.23. The fourth-order valence-corrected chi connectivity index (χ4v) is 2.43. The number of thioether (sulfide) groups is 1. The molecule has 1 amide bonds. The van der Waals surface area contributed by atoms with Crippen molar-refractivity contribution in [3.63, 3.8) is 0 Å². The van der Waals surface area contributed by atoms with Gasteiger partial charge in [-0.3, -0.25) is 4.79 Å². The van der Waals surface area contributed by atoms with Gasteiger partial charge in [-0.15, -0.1) is 17.9 Å². The van der Waals surface area contributed by atoms with Crippen LogP contribution >= 0.6 is 23.1 Å². The Kier molecular flexibility index (Phi) is 6.22. The smallest absolute Gasteiger partial charge is 0.242 e. The highest BCUT2D eigenvalue weighted by atomic mass is 32.2. The third-order valence-electron chi connectivity index (χ3n) is 1.91. The molecule has 88 valence electrons. The SMILES string of the molecule is C=CCSCCNC(=O)C(N)c1cccs1. The summed E-state index contributed by atoms with van der Waals surface area (Å²) in [7, 11) is 0. The van der Waals surface area contributed by atoms with Gasteiger partial charge in [0.05, 0.1) is 0 Å². The van der Waals surface area contributed by atoms with Crippen LogP contribution < -0.4 is 11.1 Å². The van der Waals surface area contributed by atoms with Crippen LogP contribution in [0.2, 0.25) is 0 Å². The van der Waals surface area contributed by atoms with E-state index >= 15 is 0 Å². The Bertz CT molecular complexity index is 325. The van der Waals surface area contributed by atoms with E-state index in [4.69, 9.17) is 5.73 Å². The molecule has 0 radical (unpaired) electrons.